The number of hydrogen-bond acceptors (Lipinski definition) is 6. The van der Waals surface area contributed by atoms with Gasteiger partial charge < -0.3 is 32.5 Å². The number of carbonyl (C=O) groups is 4. The minimum Gasteiger partial charge on any atom is -0.480 e. The summed E-state index contributed by atoms with van der Waals surface area (Å²) in [5, 5.41) is 17.2. The van der Waals surface area contributed by atoms with Gasteiger partial charge in [0.25, 0.3) is 0 Å². The summed E-state index contributed by atoms with van der Waals surface area (Å²) in [6.07, 6.45) is 2.31. The Labute approximate surface area is 201 Å². The number of carboxylic acids is 1. The summed E-state index contributed by atoms with van der Waals surface area (Å²) in [5.74, 6) is -2.74. The standard InChI is InChI=1S/C24H39N5O5/c1-15(2)13-20(24(33)34)29-23(32)19(14-17-9-5-4-6-10-17)28-21(30)16(3)27-22(31)18(26)11-7-8-12-25/h4-6,9-10,15-16,18-20H,7-8,11-14,25-26H2,1-3H3,(H,27,31)(H,28,30)(H,29,32)(H,33,34). The third-order valence-corrected chi connectivity index (χ3v) is 5.30. The van der Waals surface area contributed by atoms with Gasteiger partial charge in [0.1, 0.15) is 18.1 Å². The van der Waals surface area contributed by atoms with Crippen LogP contribution in [0.25, 0.3) is 0 Å². The summed E-state index contributed by atoms with van der Waals surface area (Å²) in [4.78, 5) is 49.6. The quantitative estimate of drug-likeness (QED) is 0.197. The monoisotopic (exact) mass is 477 g/mol. The predicted octanol–water partition coefficient (Wildman–Crippen LogP) is 0.290. The van der Waals surface area contributed by atoms with Crippen LogP contribution in [0.3, 0.4) is 0 Å². The zero-order valence-electron chi connectivity index (χ0n) is 20.3. The maximum Gasteiger partial charge on any atom is 0.326 e. The minimum atomic E-state index is -1.14. The molecule has 8 N–H and O–H groups in total. The molecular formula is C24H39N5O5. The molecule has 190 valence electrons. The van der Waals surface area contributed by atoms with Crippen LogP contribution in [-0.4, -0.2) is 59.5 Å². The number of amides is 3. The van der Waals surface area contributed by atoms with E-state index in [1.807, 2.05) is 19.9 Å². The van der Waals surface area contributed by atoms with Crippen LogP contribution < -0.4 is 27.4 Å². The molecular weight excluding hydrogens is 438 g/mol. The minimum absolute atomic E-state index is 0.0489. The highest BCUT2D eigenvalue weighted by atomic mass is 16.4. The fraction of sp³-hybridized carbons (Fsp3) is 0.583. The van der Waals surface area contributed by atoms with E-state index < -0.39 is 47.9 Å². The molecule has 0 bridgehead atoms. The predicted molar refractivity (Wildman–Crippen MR) is 130 cm³/mol. The van der Waals surface area contributed by atoms with E-state index in [4.69, 9.17) is 11.5 Å². The van der Waals surface area contributed by atoms with Crippen molar-refractivity contribution < 1.29 is 24.3 Å². The summed E-state index contributed by atoms with van der Waals surface area (Å²) in [6.45, 7) is 5.72. The zero-order chi connectivity index (χ0) is 25.7. The molecule has 0 saturated carbocycles. The smallest absolute Gasteiger partial charge is 0.326 e. The van der Waals surface area contributed by atoms with Gasteiger partial charge in [-0.05, 0) is 44.2 Å². The largest absolute Gasteiger partial charge is 0.480 e. The Morgan fingerprint density at radius 2 is 1.50 bits per heavy atom. The van der Waals surface area contributed by atoms with Crippen LogP contribution in [0.4, 0.5) is 0 Å². The van der Waals surface area contributed by atoms with Gasteiger partial charge in [-0.1, -0.05) is 50.6 Å². The van der Waals surface area contributed by atoms with E-state index in [1.54, 1.807) is 24.3 Å². The molecule has 10 nitrogen and oxygen atoms in total. The first-order valence-corrected chi connectivity index (χ1v) is 11.7. The highest BCUT2D eigenvalue weighted by Gasteiger charge is 2.29. The molecule has 0 spiro atoms. The second-order valence-electron chi connectivity index (χ2n) is 8.90. The molecule has 0 fully saturated rings. The Morgan fingerprint density at radius 3 is 2.06 bits per heavy atom. The molecule has 0 aliphatic heterocycles. The summed E-state index contributed by atoms with van der Waals surface area (Å²) >= 11 is 0. The van der Waals surface area contributed by atoms with Crippen molar-refractivity contribution in [3.8, 4) is 0 Å². The van der Waals surface area contributed by atoms with Crippen LogP contribution in [0.5, 0.6) is 0 Å². The number of aliphatic carboxylic acids is 1. The van der Waals surface area contributed by atoms with Gasteiger partial charge in [0.2, 0.25) is 17.7 Å². The Hall–Kier alpha value is -2.98. The van der Waals surface area contributed by atoms with Crippen LogP contribution in [-0.2, 0) is 25.6 Å². The van der Waals surface area contributed by atoms with Gasteiger partial charge in [-0.3, -0.25) is 14.4 Å². The van der Waals surface area contributed by atoms with E-state index in [2.05, 4.69) is 16.0 Å². The Kier molecular flexibility index (Phi) is 12.8. The van der Waals surface area contributed by atoms with Crippen molar-refractivity contribution in [2.75, 3.05) is 6.54 Å². The molecule has 0 heterocycles. The Bertz CT molecular complexity index is 802. The summed E-state index contributed by atoms with van der Waals surface area (Å²) in [6, 6.07) is 5.24. The number of hydrogen-bond donors (Lipinski definition) is 6. The highest BCUT2D eigenvalue weighted by Crippen LogP contribution is 2.08. The third-order valence-electron chi connectivity index (χ3n) is 5.30. The van der Waals surface area contributed by atoms with Crippen LogP contribution >= 0.6 is 0 Å². The molecule has 0 aromatic heterocycles. The van der Waals surface area contributed by atoms with Crippen molar-refractivity contribution in [2.24, 2.45) is 17.4 Å². The van der Waals surface area contributed by atoms with Crippen LogP contribution in [0.2, 0.25) is 0 Å². The lowest BCUT2D eigenvalue weighted by atomic mass is 10.0. The third kappa shape index (κ3) is 10.8. The second-order valence-corrected chi connectivity index (χ2v) is 8.90. The van der Waals surface area contributed by atoms with Gasteiger partial charge in [-0.2, -0.15) is 0 Å². The number of nitrogens with two attached hydrogens (primary N) is 2. The molecule has 1 rings (SSSR count). The molecule has 3 amide bonds. The van der Waals surface area contributed by atoms with Crippen molar-refractivity contribution in [2.45, 2.75) is 77.0 Å². The van der Waals surface area contributed by atoms with E-state index in [0.29, 0.717) is 19.4 Å². The van der Waals surface area contributed by atoms with Crippen LogP contribution in [0.1, 0.15) is 52.0 Å². The van der Waals surface area contributed by atoms with E-state index in [0.717, 1.165) is 12.0 Å². The number of nitrogens with one attached hydrogen (secondary N) is 3. The maximum atomic E-state index is 13.0. The van der Waals surface area contributed by atoms with Crippen molar-refractivity contribution in [3.05, 3.63) is 35.9 Å². The van der Waals surface area contributed by atoms with Crippen molar-refractivity contribution in [1.29, 1.82) is 0 Å². The van der Waals surface area contributed by atoms with Crippen LogP contribution in [0.15, 0.2) is 30.3 Å². The Balaban J connectivity index is 2.87. The zero-order valence-corrected chi connectivity index (χ0v) is 20.3. The van der Waals surface area contributed by atoms with E-state index >= 15 is 0 Å². The molecule has 1 aromatic rings. The molecule has 1 aromatic carbocycles. The molecule has 4 atom stereocenters. The van der Waals surface area contributed by atoms with Gasteiger partial charge in [0, 0.05) is 6.42 Å². The van der Waals surface area contributed by atoms with Gasteiger partial charge >= 0.3 is 5.97 Å². The maximum absolute atomic E-state index is 13.0. The highest BCUT2D eigenvalue weighted by molar-refractivity contribution is 5.94. The first kappa shape index (κ1) is 29.1. The molecule has 0 radical (unpaired) electrons. The molecule has 4 unspecified atom stereocenters. The molecule has 34 heavy (non-hydrogen) atoms. The summed E-state index contributed by atoms with van der Waals surface area (Å²) in [7, 11) is 0. The number of carboxylic acid groups (broad SMARTS) is 1. The fourth-order valence-electron chi connectivity index (χ4n) is 3.35. The topological polar surface area (TPSA) is 177 Å². The molecule has 0 saturated heterocycles. The lowest BCUT2D eigenvalue weighted by molar-refractivity contribution is -0.142. The number of benzene rings is 1. The van der Waals surface area contributed by atoms with E-state index in [1.165, 1.54) is 6.92 Å². The SMILES string of the molecule is CC(C)CC(NC(=O)C(Cc1ccccc1)NC(=O)C(C)NC(=O)C(N)CCCCN)C(=O)O. The van der Waals surface area contributed by atoms with Crippen molar-refractivity contribution in [3.63, 3.8) is 0 Å². The van der Waals surface area contributed by atoms with Gasteiger partial charge in [-0.15, -0.1) is 0 Å². The van der Waals surface area contributed by atoms with Crippen LogP contribution in [0, 0.1) is 5.92 Å². The normalized spacial score (nSPS) is 14.5. The van der Waals surface area contributed by atoms with Gasteiger partial charge in [0.05, 0.1) is 6.04 Å². The number of rotatable bonds is 15. The second kappa shape index (κ2) is 15.0. The first-order chi connectivity index (χ1) is 16.0. The van der Waals surface area contributed by atoms with Gasteiger partial charge in [-0.25, -0.2) is 4.79 Å². The van der Waals surface area contributed by atoms with Gasteiger partial charge in [0.15, 0.2) is 0 Å². The number of unbranched alkanes of at least 4 members (excludes halogenated alkanes) is 1. The molecule has 0 aliphatic carbocycles. The van der Waals surface area contributed by atoms with E-state index in [-0.39, 0.29) is 18.8 Å². The van der Waals surface area contributed by atoms with Crippen molar-refractivity contribution >= 4 is 23.7 Å². The lowest BCUT2D eigenvalue weighted by Gasteiger charge is -2.24. The Morgan fingerprint density at radius 1 is 0.882 bits per heavy atom. The molecule has 10 heteroatoms. The summed E-state index contributed by atoms with van der Waals surface area (Å²) < 4.78 is 0. The number of carbonyl (C=O) groups excluding carboxylic acids is 3. The summed E-state index contributed by atoms with van der Waals surface area (Å²) in [5.41, 5.74) is 12.1. The average Bonchev–Trinajstić information content (AvgIpc) is 2.78. The average molecular weight is 478 g/mol. The van der Waals surface area contributed by atoms with E-state index in [9.17, 15) is 24.3 Å². The molecule has 0 aliphatic rings. The fourth-order valence-corrected chi connectivity index (χ4v) is 3.35. The first-order valence-electron chi connectivity index (χ1n) is 11.7. The van der Waals surface area contributed by atoms with Crippen molar-refractivity contribution in [1.82, 2.24) is 16.0 Å². The lowest BCUT2D eigenvalue weighted by Crippen LogP contribution is -2.57.